The highest BCUT2D eigenvalue weighted by Crippen LogP contribution is 2.41. The Balaban J connectivity index is 1.50. The van der Waals surface area contributed by atoms with E-state index in [2.05, 4.69) is 24.0 Å². The Morgan fingerprint density at radius 3 is 2.36 bits per heavy atom. The van der Waals surface area contributed by atoms with Crippen LogP contribution in [0.4, 0.5) is 9.18 Å². The molecular formula is C25H26FN5O2. The van der Waals surface area contributed by atoms with E-state index in [9.17, 15) is 14.0 Å². The fourth-order valence-electron chi connectivity index (χ4n) is 4.93. The van der Waals surface area contributed by atoms with Gasteiger partial charge in [-0.05, 0) is 32.4 Å². The van der Waals surface area contributed by atoms with Crippen molar-refractivity contribution in [2.24, 2.45) is 4.99 Å². The minimum absolute atomic E-state index is 0.00400. The van der Waals surface area contributed by atoms with Gasteiger partial charge in [0.15, 0.2) is 12.2 Å². The summed E-state index contributed by atoms with van der Waals surface area (Å²) >= 11 is 0. The maximum Gasteiger partial charge on any atom is 0.328 e. The van der Waals surface area contributed by atoms with Gasteiger partial charge in [-0.2, -0.15) is 0 Å². The van der Waals surface area contributed by atoms with E-state index in [0.29, 0.717) is 11.5 Å². The normalized spacial score (nSPS) is 23.2. The van der Waals surface area contributed by atoms with Gasteiger partial charge in [0.25, 0.3) is 5.91 Å². The lowest BCUT2D eigenvalue weighted by Gasteiger charge is -2.40. The maximum atomic E-state index is 14.3. The van der Waals surface area contributed by atoms with E-state index >= 15 is 0 Å². The summed E-state index contributed by atoms with van der Waals surface area (Å²) in [4.78, 5) is 38.2. The summed E-state index contributed by atoms with van der Waals surface area (Å²) in [6.45, 7) is 5.97. The molecule has 0 saturated carbocycles. The second-order valence-electron chi connectivity index (χ2n) is 8.69. The highest BCUT2D eigenvalue weighted by molar-refractivity contribution is 6.05. The van der Waals surface area contributed by atoms with Crippen LogP contribution in [0.25, 0.3) is 0 Å². The Morgan fingerprint density at radius 1 is 1.00 bits per heavy atom. The molecule has 0 radical (unpaired) electrons. The van der Waals surface area contributed by atoms with Crippen molar-refractivity contribution in [2.45, 2.75) is 45.6 Å². The van der Waals surface area contributed by atoms with Crippen LogP contribution in [0.15, 0.2) is 71.0 Å². The average Bonchev–Trinajstić information content (AvgIpc) is 3.32. The molecule has 0 bridgehead atoms. The number of aliphatic imine (C=N–C) groups is 1. The Bertz CT molecular complexity index is 1190. The minimum atomic E-state index is -0.683. The van der Waals surface area contributed by atoms with Gasteiger partial charge in [0, 0.05) is 24.0 Å². The lowest BCUT2D eigenvalue weighted by Crippen LogP contribution is -2.64. The molecule has 0 N–H and O–H groups in total. The number of benzene rings is 2. The van der Waals surface area contributed by atoms with Crippen molar-refractivity contribution >= 4 is 17.9 Å². The van der Waals surface area contributed by atoms with E-state index in [1.807, 2.05) is 36.9 Å². The standard InChI is InChI=1S/C25H26FN5O2/c1-15-16(2)31-21-22(27-24(31)30(15)17(3)18-10-6-5-7-11-18)28(4)25(33)29(23(21)32)14-19-12-8-9-13-20(19)26/h5-13,17,21-22H,14H2,1-4H3. The molecule has 0 aliphatic carbocycles. The number of hydrogen-bond acceptors (Lipinski definition) is 5. The zero-order valence-corrected chi connectivity index (χ0v) is 19.1. The molecule has 170 valence electrons. The number of urea groups is 1. The van der Waals surface area contributed by atoms with Crippen molar-refractivity contribution in [2.75, 3.05) is 7.05 Å². The smallest absolute Gasteiger partial charge is 0.307 e. The zero-order valence-electron chi connectivity index (χ0n) is 19.1. The van der Waals surface area contributed by atoms with Crippen LogP contribution in [-0.2, 0) is 11.3 Å². The lowest BCUT2D eigenvalue weighted by molar-refractivity contribution is -0.137. The number of rotatable bonds is 4. The van der Waals surface area contributed by atoms with Crippen molar-refractivity contribution in [3.63, 3.8) is 0 Å². The molecule has 3 heterocycles. The predicted molar refractivity (Wildman–Crippen MR) is 122 cm³/mol. The quantitative estimate of drug-likeness (QED) is 0.713. The van der Waals surface area contributed by atoms with Crippen LogP contribution in [0.1, 0.15) is 37.9 Å². The Kier molecular flexibility index (Phi) is 4.96. The topological polar surface area (TPSA) is 59.5 Å². The number of likely N-dealkylation sites (N-methyl/N-ethyl adjacent to an activating group) is 1. The summed E-state index contributed by atoms with van der Waals surface area (Å²) in [5, 5.41) is 0. The third kappa shape index (κ3) is 3.12. The first kappa shape index (κ1) is 21.2. The van der Waals surface area contributed by atoms with Crippen molar-refractivity contribution < 1.29 is 14.0 Å². The maximum absolute atomic E-state index is 14.3. The van der Waals surface area contributed by atoms with Gasteiger partial charge >= 0.3 is 6.03 Å². The van der Waals surface area contributed by atoms with E-state index in [4.69, 9.17) is 4.99 Å². The Labute approximate surface area is 192 Å². The van der Waals surface area contributed by atoms with E-state index in [-0.39, 0.29) is 18.5 Å². The van der Waals surface area contributed by atoms with Crippen LogP contribution in [-0.4, -0.2) is 56.8 Å². The number of halogens is 1. The molecule has 3 unspecified atom stereocenters. The fraction of sp³-hybridized carbons (Fsp3) is 0.320. The lowest BCUT2D eigenvalue weighted by atomic mass is 10.1. The largest absolute Gasteiger partial charge is 0.328 e. The molecule has 0 spiro atoms. The molecule has 8 heteroatoms. The minimum Gasteiger partial charge on any atom is -0.307 e. The molecular weight excluding hydrogens is 421 g/mol. The summed E-state index contributed by atoms with van der Waals surface area (Å²) in [7, 11) is 1.64. The number of amides is 3. The first-order valence-electron chi connectivity index (χ1n) is 11.0. The van der Waals surface area contributed by atoms with Crippen molar-refractivity contribution in [1.29, 1.82) is 0 Å². The van der Waals surface area contributed by atoms with E-state index in [1.54, 1.807) is 25.2 Å². The van der Waals surface area contributed by atoms with Crippen LogP contribution in [0, 0.1) is 5.82 Å². The van der Waals surface area contributed by atoms with Gasteiger partial charge in [0.1, 0.15) is 5.82 Å². The number of imide groups is 1. The molecule has 2 aromatic rings. The number of nitrogens with zero attached hydrogens (tertiary/aromatic N) is 5. The summed E-state index contributed by atoms with van der Waals surface area (Å²) in [5.74, 6) is -0.147. The molecule has 33 heavy (non-hydrogen) atoms. The molecule has 3 aliphatic rings. The predicted octanol–water partition coefficient (Wildman–Crippen LogP) is 3.91. The van der Waals surface area contributed by atoms with Crippen molar-refractivity contribution in [3.05, 3.63) is 82.9 Å². The molecule has 0 aromatic heterocycles. The Hall–Kier alpha value is -3.68. The van der Waals surface area contributed by atoms with Gasteiger partial charge in [-0.25, -0.2) is 14.2 Å². The van der Waals surface area contributed by atoms with Crippen LogP contribution >= 0.6 is 0 Å². The summed E-state index contributed by atoms with van der Waals surface area (Å²) < 4.78 is 14.3. The van der Waals surface area contributed by atoms with Gasteiger partial charge in [0.05, 0.1) is 12.6 Å². The number of fused-ring (bicyclic) bond motifs is 3. The SMILES string of the molecule is CC1=C(C)N2C(=NC3C2C(=O)N(Cc2ccccc2F)C(=O)N3C)N1C(C)c1ccccc1. The van der Waals surface area contributed by atoms with Crippen LogP contribution in [0.3, 0.4) is 0 Å². The molecule has 1 saturated heterocycles. The molecule has 1 fully saturated rings. The molecule has 3 amide bonds. The number of hydrogen-bond donors (Lipinski definition) is 0. The third-order valence-electron chi connectivity index (χ3n) is 6.89. The van der Waals surface area contributed by atoms with Gasteiger partial charge in [-0.15, -0.1) is 0 Å². The third-order valence-corrected chi connectivity index (χ3v) is 6.89. The summed E-state index contributed by atoms with van der Waals surface area (Å²) in [5.41, 5.74) is 3.36. The van der Waals surface area contributed by atoms with Crippen LogP contribution < -0.4 is 0 Å². The average molecular weight is 448 g/mol. The van der Waals surface area contributed by atoms with E-state index in [1.165, 1.54) is 11.0 Å². The molecule has 5 rings (SSSR count). The van der Waals surface area contributed by atoms with Gasteiger partial charge in [-0.3, -0.25) is 14.6 Å². The van der Waals surface area contributed by atoms with E-state index in [0.717, 1.165) is 21.9 Å². The van der Waals surface area contributed by atoms with E-state index < -0.39 is 24.1 Å². The molecule has 7 nitrogen and oxygen atoms in total. The summed E-state index contributed by atoms with van der Waals surface area (Å²) in [6, 6.07) is 15.1. The Morgan fingerprint density at radius 2 is 1.67 bits per heavy atom. The van der Waals surface area contributed by atoms with Crippen LogP contribution in [0.2, 0.25) is 0 Å². The van der Waals surface area contributed by atoms with Gasteiger partial charge in [0.2, 0.25) is 5.96 Å². The zero-order chi connectivity index (χ0) is 23.4. The number of carbonyl (C=O) groups is 2. The van der Waals surface area contributed by atoms with Gasteiger partial charge in [-0.1, -0.05) is 48.5 Å². The first-order chi connectivity index (χ1) is 15.8. The van der Waals surface area contributed by atoms with Crippen molar-refractivity contribution in [3.8, 4) is 0 Å². The van der Waals surface area contributed by atoms with Crippen molar-refractivity contribution in [1.82, 2.24) is 19.6 Å². The second kappa shape index (κ2) is 7.72. The fourth-order valence-corrected chi connectivity index (χ4v) is 4.93. The van der Waals surface area contributed by atoms with Gasteiger partial charge < -0.3 is 9.80 Å². The highest BCUT2D eigenvalue weighted by atomic mass is 19.1. The monoisotopic (exact) mass is 447 g/mol. The molecule has 3 atom stereocenters. The number of carbonyl (C=O) groups excluding carboxylic acids is 2. The summed E-state index contributed by atoms with van der Waals surface area (Å²) in [6.07, 6.45) is -0.634. The number of guanidine groups is 1. The highest BCUT2D eigenvalue weighted by Gasteiger charge is 2.56. The van der Waals surface area contributed by atoms with Crippen LogP contribution in [0.5, 0.6) is 0 Å². The second-order valence-corrected chi connectivity index (χ2v) is 8.69. The number of allylic oxidation sites excluding steroid dienone is 2. The first-order valence-corrected chi connectivity index (χ1v) is 11.0. The molecule has 2 aromatic carbocycles. The molecule has 3 aliphatic heterocycles.